The number of fused-ring (bicyclic) bond motifs is 1. The van der Waals surface area contributed by atoms with E-state index in [1.54, 1.807) is 35.3 Å². The van der Waals surface area contributed by atoms with E-state index in [-0.39, 0.29) is 17.6 Å². The summed E-state index contributed by atoms with van der Waals surface area (Å²) < 4.78 is 8.79. The Morgan fingerprint density at radius 1 is 1.38 bits per heavy atom. The maximum absolute atomic E-state index is 11.4. The molecule has 0 saturated heterocycles. The number of imidazole rings is 1. The van der Waals surface area contributed by atoms with Crippen LogP contribution in [0.5, 0.6) is 11.6 Å². The van der Waals surface area contributed by atoms with Crippen molar-refractivity contribution >= 4 is 11.6 Å². The standard InChI is InChI=1S/C14H14N4O3/c1-9(2)18-8-10(7-15-18)21-13-12(14(19)20)17-6-4-3-5-11(17)16-13/h3-9H,1-2H3,(H,19,20). The Morgan fingerprint density at radius 3 is 2.86 bits per heavy atom. The van der Waals surface area contributed by atoms with Crippen LogP contribution in [0.2, 0.25) is 0 Å². The lowest BCUT2D eigenvalue weighted by molar-refractivity contribution is 0.0686. The minimum Gasteiger partial charge on any atom is -0.476 e. The summed E-state index contributed by atoms with van der Waals surface area (Å²) in [7, 11) is 0. The van der Waals surface area contributed by atoms with Crippen LogP contribution < -0.4 is 4.74 Å². The Morgan fingerprint density at radius 2 is 2.19 bits per heavy atom. The summed E-state index contributed by atoms with van der Waals surface area (Å²) in [6.45, 7) is 3.98. The first-order chi connectivity index (χ1) is 10.1. The molecule has 0 fully saturated rings. The highest BCUT2D eigenvalue weighted by Gasteiger charge is 2.20. The predicted molar refractivity (Wildman–Crippen MR) is 74.8 cm³/mol. The molecule has 0 aliphatic rings. The fourth-order valence-corrected chi connectivity index (χ4v) is 2.01. The highest BCUT2D eigenvalue weighted by Crippen LogP contribution is 2.26. The van der Waals surface area contributed by atoms with E-state index >= 15 is 0 Å². The highest BCUT2D eigenvalue weighted by atomic mass is 16.5. The van der Waals surface area contributed by atoms with E-state index in [0.29, 0.717) is 11.4 Å². The lowest BCUT2D eigenvalue weighted by Crippen LogP contribution is -2.03. The van der Waals surface area contributed by atoms with Gasteiger partial charge in [0.05, 0.1) is 12.4 Å². The molecule has 1 N–H and O–H groups in total. The van der Waals surface area contributed by atoms with Crippen molar-refractivity contribution in [3.63, 3.8) is 0 Å². The van der Waals surface area contributed by atoms with Gasteiger partial charge < -0.3 is 9.84 Å². The minimum absolute atomic E-state index is 0.0112. The van der Waals surface area contributed by atoms with Crippen molar-refractivity contribution in [1.82, 2.24) is 19.2 Å². The molecule has 3 rings (SSSR count). The van der Waals surface area contributed by atoms with Gasteiger partial charge in [0, 0.05) is 12.2 Å². The van der Waals surface area contributed by atoms with Crippen molar-refractivity contribution in [3.8, 4) is 11.6 Å². The number of ether oxygens (including phenoxy) is 1. The lowest BCUT2D eigenvalue weighted by atomic mass is 10.4. The number of pyridine rings is 1. The molecule has 7 heteroatoms. The van der Waals surface area contributed by atoms with Crippen molar-refractivity contribution in [2.75, 3.05) is 0 Å². The molecule has 3 aromatic rings. The van der Waals surface area contributed by atoms with E-state index in [2.05, 4.69) is 10.1 Å². The average Bonchev–Trinajstić information content (AvgIpc) is 3.02. The molecule has 0 radical (unpaired) electrons. The zero-order valence-corrected chi connectivity index (χ0v) is 11.6. The number of rotatable bonds is 4. The highest BCUT2D eigenvalue weighted by molar-refractivity contribution is 5.89. The summed E-state index contributed by atoms with van der Waals surface area (Å²) in [6, 6.07) is 5.44. The molecule has 0 aromatic carbocycles. The van der Waals surface area contributed by atoms with Crippen LogP contribution >= 0.6 is 0 Å². The van der Waals surface area contributed by atoms with Gasteiger partial charge in [0.2, 0.25) is 0 Å². The summed E-state index contributed by atoms with van der Waals surface area (Å²) in [6.07, 6.45) is 4.88. The van der Waals surface area contributed by atoms with E-state index in [1.807, 2.05) is 13.8 Å². The smallest absolute Gasteiger partial charge is 0.358 e. The predicted octanol–water partition coefficient (Wildman–Crippen LogP) is 2.60. The van der Waals surface area contributed by atoms with Crippen LogP contribution in [0.15, 0.2) is 36.8 Å². The Bertz CT molecular complexity index is 804. The van der Waals surface area contributed by atoms with Crippen LogP contribution in [0.1, 0.15) is 30.4 Å². The van der Waals surface area contributed by atoms with Gasteiger partial charge in [0.1, 0.15) is 5.65 Å². The molecule has 7 nitrogen and oxygen atoms in total. The Hall–Kier alpha value is -2.83. The first-order valence-corrected chi connectivity index (χ1v) is 6.48. The quantitative estimate of drug-likeness (QED) is 0.797. The fraction of sp³-hybridized carbons (Fsp3) is 0.214. The largest absolute Gasteiger partial charge is 0.476 e. The number of carboxylic acid groups (broad SMARTS) is 1. The second kappa shape index (κ2) is 4.93. The first-order valence-electron chi connectivity index (χ1n) is 6.48. The van der Waals surface area contributed by atoms with Crippen molar-refractivity contribution in [3.05, 3.63) is 42.5 Å². The molecular formula is C14H14N4O3. The molecule has 0 unspecified atom stereocenters. The molecule has 0 saturated carbocycles. The summed E-state index contributed by atoms with van der Waals surface area (Å²) in [5.74, 6) is -0.591. The maximum atomic E-state index is 11.4. The number of carbonyl (C=O) groups is 1. The zero-order chi connectivity index (χ0) is 15.0. The molecule has 0 spiro atoms. The number of carboxylic acids is 1. The number of hydrogen-bond donors (Lipinski definition) is 1. The number of hydrogen-bond acceptors (Lipinski definition) is 4. The van der Waals surface area contributed by atoms with Gasteiger partial charge in [-0.25, -0.2) is 4.79 Å². The average molecular weight is 286 g/mol. The molecule has 3 aromatic heterocycles. The fourth-order valence-electron chi connectivity index (χ4n) is 2.01. The van der Waals surface area contributed by atoms with Gasteiger partial charge in [0.15, 0.2) is 11.4 Å². The third kappa shape index (κ3) is 2.33. The molecule has 21 heavy (non-hydrogen) atoms. The van der Waals surface area contributed by atoms with Gasteiger partial charge in [-0.05, 0) is 26.0 Å². The van der Waals surface area contributed by atoms with Crippen LogP contribution in [-0.4, -0.2) is 30.2 Å². The number of aromatic carboxylic acids is 1. The van der Waals surface area contributed by atoms with Crippen molar-refractivity contribution < 1.29 is 14.6 Å². The molecule has 0 aliphatic carbocycles. The van der Waals surface area contributed by atoms with Crippen LogP contribution in [0.4, 0.5) is 0 Å². The Balaban J connectivity index is 2.03. The summed E-state index contributed by atoms with van der Waals surface area (Å²) >= 11 is 0. The van der Waals surface area contributed by atoms with Gasteiger partial charge in [-0.3, -0.25) is 9.08 Å². The van der Waals surface area contributed by atoms with E-state index < -0.39 is 5.97 Å². The van der Waals surface area contributed by atoms with Crippen LogP contribution in [0, 0.1) is 0 Å². The van der Waals surface area contributed by atoms with E-state index in [0.717, 1.165) is 0 Å². The van der Waals surface area contributed by atoms with E-state index in [1.165, 1.54) is 10.6 Å². The normalized spacial score (nSPS) is 11.2. The molecule has 108 valence electrons. The van der Waals surface area contributed by atoms with Crippen LogP contribution in [0.3, 0.4) is 0 Å². The van der Waals surface area contributed by atoms with Gasteiger partial charge in [0.25, 0.3) is 5.88 Å². The van der Waals surface area contributed by atoms with Crippen molar-refractivity contribution in [1.29, 1.82) is 0 Å². The minimum atomic E-state index is -1.10. The van der Waals surface area contributed by atoms with E-state index in [9.17, 15) is 9.90 Å². The summed E-state index contributed by atoms with van der Waals surface area (Å²) in [5, 5.41) is 13.5. The monoisotopic (exact) mass is 286 g/mol. The topological polar surface area (TPSA) is 81.7 Å². The van der Waals surface area contributed by atoms with E-state index in [4.69, 9.17) is 4.74 Å². The van der Waals surface area contributed by atoms with Crippen molar-refractivity contribution in [2.24, 2.45) is 0 Å². The second-order valence-corrected chi connectivity index (χ2v) is 4.85. The lowest BCUT2D eigenvalue weighted by Gasteiger charge is -2.03. The number of aromatic nitrogens is 4. The van der Waals surface area contributed by atoms with Crippen LogP contribution in [0.25, 0.3) is 5.65 Å². The van der Waals surface area contributed by atoms with Gasteiger partial charge >= 0.3 is 5.97 Å². The maximum Gasteiger partial charge on any atom is 0.358 e. The zero-order valence-electron chi connectivity index (χ0n) is 11.6. The van der Waals surface area contributed by atoms with Crippen LogP contribution in [-0.2, 0) is 0 Å². The van der Waals surface area contributed by atoms with Crippen molar-refractivity contribution in [2.45, 2.75) is 19.9 Å². The summed E-state index contributed by atoms with van der Waals surface area (Å²) in [5.41, 5.74) is 0.504. The molecule has 3 heterocycles. The third-order valence-electron chi connectivity index (χ3n) is 3.02. The third-order valence-corrected chi connectivity index (χ3v) is 3.02. The second-order valence-electron chi connectivity index (χ2n) is 4.85. The molecule has 0 amide bonds. The summed E-state index contributed by atoms with van der Waals surface area (Å²) in [4.78, 5) is 15.6. The Labute approximate surface area is 120 Å². The molecular weight excluding hydrogens is 272 g/mol. The van der Waals surface area contributed by atoms with Gasteiger partial charge in [-0.15, -0.1) is 0 Å². The molecule has 0 atom stereocenters. The molecule has 0 aliphatic heterocycles. The Kier molecular flexibility index (Phi) is 3.09. The van der Waals surface area contributed by atoms with Gasteiger partial charge in [-0.2, -0.15) is 10.1 Å². The number of nitrogens with zero attached hydrogens (tertiary/aromatic N) is 4. The SMILES string of the molecule is CC(C)n1cc(Oc2nc3ccccn3c2C(=O)O)cn1. The first kappa shape index (κ1) is 13.2. The molecule has 0 bridgehead atoms. The van der Waals surface area contributed by atoms with Gasteiger partial charge in [-0.1, -0.05) is 6.07 Å².